The van der Waals surface area contributed by atoms with Crippen molar-refractivity contribution in [2.45, 2.75) is 32.3 Å². The fourth-order valence-electron chi connectivity index (χ4n) is 4.12. The summed E-state index contributed by atoms with van der Waals surface area (Å²) >= 11 is 0. The van der Waals surface area contributed by atoms with Crippen molar-refractivity contribution in [1.82, 2.24) is 4.90 Å². The Morgan fingerprint density at radius 3 is 1.93 bits per heavy atom. The summed E-state index contributed by atoms with van der Waals surface area (Å²) in [6.07, 6.45) is 1.26. The van der Waals surface area contributed by atoms with Gasteiger partial charge >= 0.3 is 0 Å². The number of likely N-dealkylation sites (tertiary alicyclic amines) is 1. The number of hydrogen-bond donors (Lipinski definition) is 0. The first-order valence-corrected chi connectivity index (χ1v) is 10.9. The van der Waals surface area contributed by atoms with Gasteiger partial charge in [-0.25, -0.2) is 0 Å². The molecule has 0 saturated carbocycles. The van der Waals surface area contributed by atoms with Crippen LogP contribution in [-0.2, 0) is 29.2 Å². The molecular weight excluding hydrogens is 370 g/mol. The first-order valence-electron chi connectivity index (χ1n) is 10.9. The fraction of sp³-hybridized carbons (Fsp3) is 0.333. The summed E-state index contributed by atoms with van der Waals surface area (Å²) < 4.78 is 12.5. The van der Waals surface area contributed by atoms with Crippen LogP contribution in [0.25, 0.3) is 0 Å². The SMILES string of the molecule is c1ccc(COC[C@H](OCc2ccccc2)C2CCN(Cc3ccccc3)C2)cc1. The standard InChI is InChI=1S/C27H31NO2/c1-4-10-23(11-5-1)18-28-17-16-26(19-28)27(30-21-25-14-8-3-9-15-25)22-29-20-24-12-6-2-7-13-24/h1-15,26-27H,16-22H2/t26?,27-/m0/s1. The van der Waals surface area contributed by atoms with Gasteiger partial charge in [-0.1, -0.05) is 91.0 Å². The summed E-state index contributed by atoms with van der Waals surface area (Å²) in [6, 6.07) is 31.5. The molecule has 0 bridgehead atoms. The van der Waals surface area contributed by atoms with Gasteiger partial charge in [0.2, 0.25) is 0 Å². The summed E-state index contributed by atoms with van der Waals surface area (Å²) in [7, 11) is 0. The van der Waals surface area contributed by atoms with Gasteiger partial charge in [0.15, 0.2) is 0 Å². The first-order chi connectivity index (χ1) is 14.9. The van der Waals surface area contributed by atoms with E-state index in [1.807, 2.05) is 12.1 Å². The molecule has 1 aliphatic rings. The fourth-order valence-corrected chi connectivity index (χ4v) is 4.12. The third-order valence-corrected chi connectivity index (χ3v) is 5.78. The van der Waals surface area contributed by atoms with Gasteiger partial charge in [0.25, 0.3) is 0 Å². The number of benzene rings is 3. The molecule has 1 saturated heterocycles. The van der Waals surface area contributed by atoms with Gasteiger partial charge in [-0.15, -0.1) is 0 Å². The van der Waals surface area contributed by atoms with Crippen LogP contribution in [0.15, 0.2) is 91.0 Å². The molecule has 1 fully saturated rings. The Kier molecular flexibility index (Phi) is 7.68. The highest BCUT2D eigenvalue weighted by Crippen LogP contribution is 2.25. The molecule has 30 heavy (non-hydrogen) atoms. The Morgan fingerprint density at radius 2 is 1.30 bits per heavy atom. The molecule has 2 atom stereocenters. The molecule has 3 aromatic rings. The molecule has 3 nitrogen and oxygen atoms in total. The van der Waals surface area contributed by atoms with E-state index in [4.69, 9.17) is 9.47 Å². The van der Waals surface area contributed by atoms with Crippen LogP contribution >= 0.6 is 0 Å². The van der Waals surface area contributed by atoms with Crippen molar-refractivity contribution in [3.63, 3.8) is 0 Å². The molecule has 1 heterocycles. The maximum Gasteiger partial charge on any atom is 0.0853 e. The van der Waals surface area contributed by atoms with Crippen LogP contribution in [0.2, 0.25) is 0 Å². The minimum atomic E-state index is 0.106. The zero-order valence-electron chi connectivity index (χ0n) is 17.5. The first kappa shape index (κ1) is 20.8. The van der Waals surface area contributed by atoms with Gasteiger partial charge in [-0.2, -0.15) is 0 Å². The van der Waals surface area contributed by atoms with Crippen LogP contribution < -0.4 is 0 Å². The molecule has 1 unspecified atom stereocenters. The van der Waals surface area contributed by atoms with Crippen LogP contribution in [0.4, 0.5) is 0 Å². The van der Waals surface area contributed by atoms with Crippen LogP contribution in [-0.4, -0.2) is 30.7 Å². The predicted octanol–water partition coefficient (Wildman–Crippen LogP) is 5.31. The van der Waals surface area contributed by atoms with Gasteiger partial charge in [-0.3, -0.25) is 4.90 Å². The van der Waals surface area contributed by atoms with Crippen molar-refractivity contribution < 1.29 is 9.47 Å². The second-order valence-electron chi connectivity index (χ2n) is 8.11. The zero-order valence-corrected chi connectivity index (χ0v) is 17.5. The van der Waals surface area contributed by atoms with E-state index in [1.54, 1.807) is 0 Å². The number of nitrogens with zero attached hydrogens (tertiary/aromatic N) is 1. The minimum Gasteiger partial charge on any atom is -0.374 e. The molecule has 0 amide bonds. The highest BCUT2D eigenvalue weighted by molar-refractivity contribution is 5.15. The molecule has 0 radical (unpaired) electrons. The molecule has 4 rings (SSSR count). The zero-order chi connectivity index (χ0) is 20.4. The molecular formula is C27H31NO2. The molecule has 1 aliphatic heterocycles. The van der Waals surface area contributed by atoms with Gasteiger partial charge in [0.1, 0.15) is 0 Å². The van der Waals surface area contributed by atoms with E-state index < -0.39 is 0 Å². The summed E-state index contributed by atoms with van der Waals surface area (Å²) in [4.78, 5) is 2.54. The van der Waals surface area contributed by atoms with Crippen LogP contribution in [0, 0.1) is 5.92 Å². The maximum absolute atomic E-state index is 6.40. The van der Waals surface area contributed by atoms with Gasteiger partial charge < -0.3 is 9.47 Å². The Hall–Kier alpha value is -2.46. The van der Waals surface area contributed by atoms with Gasteiger partial charge in [-0.05, 0) is 29.7 Å². The second-order valence-corrected chi connectivity index (χ2v) is 8.11. The maximum atomic E-state index is 6.40. The summed E-state index contributed by atoms with van der Waals surface area (Å²) in [5.74, 6) is 0.494. The molecule has 0 aliphatic carbocycles. The summed E-state index contributed by atoms with van der Waals surface area (Å²) in [5.41, 5.74) is 3.79. The summed E-state index contributed by atoms with van der Waals surface area (Å²) in [6.45, 7) is 5.08. The van der Waals surface area contributed by atoms with E-state index in [2.05, 4.69) is 83.8 Å². The van der Waals surface area contributed by atoms with Crippen LogP contribution in [0.1, 0.15) is 23.1 Å². The monoisotopic (exact) mass is 401 g/mol. The van der Waals surface area contributed by atoms with Crippen LogP contribution in [0.5, 0.6) is 0 Å². The lowest BCUT2D eigenvalue weighted by Gasteiger charge is -2.25. The molecule has 156 valence electrons. The third-order valence-electron chi connectivity index (χ3n) is 5.78. The normalized spacial score (nSPS) is 17.8. The van der Waals surface area contributed by atoms with Crippen LogP contribution in [0.3, 0.4) is 0 Å². The molecule has 3 aromatic carbocycles. The number of hydrogen-bond acceptors (Lipinski definition) is 3. The van der Waals surface area contributed by atoms with Gasteiger partial charge in [0, 0.05) is 19.0 Å². The van der Waals surface area contributed by atoms with Crippen molar-refractivity contribution in [2.24, 2.45) is 5.92 Å². The van der Waals surface area contributed by atoms with E-state index in [0.29, 0.717) is 25.7 Å². The largest absolute Gasteiger partial charge is 0.374 e. The number of ether oxygens (including phenoxy) is 2. The average Bonchev–Trinajstić information content (AvgIpc) is 3.26. The lowest BCUT2D eigenvalue weighted by Crippen LogP contribution is -2.31. The van der Waals surface area contributed by atoms with Crippen molar-refractivity contribution in [3.05, 3.63) is 108 Å². The third kappa shape index (κ3) is 6.27. The van der Waals surface area contributed by atoms with E-state index in [0.717, 1.165) is 26.1 Å². The van der Waals surface area contributed by atoms with E-state index >= 15 is 0 Å². The molecule has 0 N–H and O–H groups in total. The Labute approximate surface area is 180 Å². The van der Waals surface area contributed by atoms with Crippen molar-refractivity contribution in [3.8, 4) is 0 Å². The predicted molar refractivity (Wildman–Crippen MR) is 121 cm³/mol. The smallest absolute Gasteiger partial charge is 0.0853 e. The van der Waals surface area contributed by atoms with E-state index in [9.17, 15) is 0 Å². The van der Waals surface area contributed by atoms with E-state index in [-0.39, 0.29) is 6.10 Å². The lowest BCUT2D eigenvalue weighted by atomic mass is 10.0. The van der Waals surface area contributed by atoms with Crippen molar-refractivity contribution in [2.75, 3.05) is 19.7 Å². The molecule has 0 aromatic heterocycles. The Bertz CT molecular complexity index is 854. The summed E-state index contributed by atoms with van der Waals surface area (Å²) in [5, 5.41) is 0. The minimum absolute atomic E-state index is 0.106. The lowest BCUT2D eigenvalue weighted by molar-refractivity contribution is -0.0564. The quantitative estimate of drug-likeness (QED) is 0.459. The van der Waals surface area contributed by atoms with Crippen molar-refractivity contribution >= 4 is 0 Å². The van der Waals surface area contributed by atoms with Gasteiger partial charge in [0.05, 0.1) is 25.9 Å². The molecule has 3 heteroatoms. The highest BCUT2D eigenvalue weighted by Gasteiger charge is 2.30. The average molecular weight is 402 g/mol. The topological polar surface area (TPSA) is 21.7 Å². The Balaban J connectivity index is 1.33. The second kappa shape index (κ2) is 11.1. The van der Waals surface area contributed by atoms with E-state index in [1.165, 1.54) is 16.7 Å². The Morgan fingerprint density at radius 1 is 0.733 bits per heavy atom. The number of rotatable bonds is 10. The van der Waals surface area contributed by atoms with Crippen molar-refractivity contribution in [1.29, 1.82) is 0 Å². The highest BCUT2D eigenvalue weighted by atomic mass is 16.5. The molecule has 0 spiro atoms.